The molecule has 7 nitrogen and oxygen atoms in total. The quantitative estimate of drug-likeness (QED) is 0.102. The Morgan fingerprint density at radius 2 is 1.07 bits per heavy atom. The van der Waals surface area contributed by atoms with E-state index in [4.69, 9.17) is 14.2 Å². The van der Waals surface area contributed by atoms with Crippen LogP contribution >= 0.6 is 0 Å². The van der Waals surface area contributed by atoms with Crippen LogP contribution in [0.4, 0.5) is 0 Å². The van der Waals surface area contributed by atoms with Crippen molar-refractivity contribution in [2.75, 3.05) is 26.4 Å². The first kappa shape index (κ1) is 29.9. The minimum atomic E-state index is -4.53. The summed E-state index contributed by atoms with van der Waals surface area (Å²) in [6.07, 6.45) is 10.00. The Morgan fingerprint density at radius 3 is 1.44 bits per heavy atom. The molecule has 0 heterocycles. The van der Waals surface area contributed by atoms with Crippen molar-refractivity contribution in [2.24, 2.45) is 0 Å². The SMILES string of the molecule is CCOC(CCCCCCCCCCCOS(=O)(=O)[O-])(OCC)OCC.[Na+]. The first-order valence-electron chi connectivity index (χ1n) is 9.91. The minimum Gasteiger partial charge on any atom is -0.726 e. The molecule has 9 heteroatoms. The van der Waals surface area contributed by atoms with Crippen LogP contribution in [0.25, 0.3) is 0 Å². The molecule has 0 saturated heterocycles. The molecular weight excluding hydrogens is 383 g/mol. The van der Waals surface area contributed by atoms with E-state index in [-0.39, 0.29) is 36.2 Å². The van der Waals surface area contributed by atoms with Crippen LogP contribution in [0.15, 0.2) is 0 Å². The zero-order valence-corrected chi connectivity index (χ0v) is 20.5. The summed E-state index contributed by atoms with van der Waals surface area (Å²) in [6, 6.07) is 0. The summed E-state index contributed by atoms with van der Waals surface area (Å²) in [7, 11) is -4.53. The van der Waals surface area contributed by atoms with Gasteiger partial charge in [-0.3, -0.25) is 4.18 Å². The molecule has 0 aliphatic carbocycles. The predicted molar refractivity (Wildman–Crippen MR) is 99.4 cm³/mol. The van der Waals surface area contributed by atoms with Gasteiger partial charge >= 0.3 is 29.6 Å². The van der Waals surface area contributed by atoms with Gasteiger partial charge in [-0.1, -0.05) is 44.9 Å². The topological polar surface area (TPSA) is 94.1 Å². The van der Waals surface area contributed by atoms with Gasteiger partial charge in [-0.25, -0.2) is 8.42 Å². The van der Waals surface area contributed by atoms with Gasteiger partial charge < -0.3 is 18.8 Å². The van der Waals surface area contributed by atoms with Crippen molar-refractivity contribution in [3.8, 4) is 0 Å². The van der Waals surface area contributed by atoms with Gasteiger partial charge in [-0.05, 0) is 33.6 Å². The third-order valence-corrected chi connectivity index (χ3v) is 4.40. The van der Waals surface area contributed by atoms with E-state index in [1.807, 2.05) is 20.8 Å². The van der Waals surface area contributed by atoms with Crippen molar-refractivity contribution < 1.29 is 60.9 Å². The maximum atomic E-state index is 10.3. The molecule has 0 aliphatic heterocycles. The molecular formula is C18H37NaO7S. The molecule has 0 atom stereocenters. The Bertz CT molecular complexity index is 401. The smallest absolute Gasteiger partial charge is 0.726 e. The van der Waals surface area contributed by atoms with E-state index in [1.54, 1.807) is 0 Å². The second-order valence-electron chi connectivity index (χ2n) is 6.14. The van der Waals surface area contributed by atoms with E-state index in [0.717, 1.165) is 51.4 Å². The number of ether oxygens (including phenoxy) is 3. The Labute approximate surface area is 188 Å². The molecule has 0 aromatic rings. The van der Waals surface area contributed by atoms with Crippen molar-refractivity contribution in [2.45, 2.75) is 91.0 Å². The van der Waals surface area contributed by atoms with Crippen molar-refractivity contribution in [1.29, 1.82) is 0 Å². The summed E-state index contributed by atoms with van der Waals surface area (Å²) in [5, 5.41) is 0. The molecule has 0 aromatic heterocycles. The fourth-order valence-electron chi connectivity index (χ4n) is 2.84. The maximum absolute atomic E-state index is 10.3. The maximum Gasteiger partial charge on any atom is 1.00 e. The molecule has 0 aromatic carbocycles. The van der Waals surface area contributed by atoms with Gasteiger partial charge in [0, 0.05) is 26.2 Å². The fraction of sp³-hybridized carbons (Fsp3) is 1.00. The molecule has 0 fully saturated rings. The van der Waals surface area contributed by atoms with Crippen LogP contribution in [-0.4, -0.2) is 45.4 Å². The van der Waals surface area contributed by atoms with Crippen LogP contribution in [0, 0.1) is 0 Å². The van der Waals surface area contributed by atoms with Crippen molar-refractivity contribution in [1.82, 2.24) is 0 Å². The van der Waals surface area contributed by atoms with E-state index in [2.05, 4.69) is 4.18 Å². The molecule has 0 bridgehead atoms. The van der Waals surface area contributed by atoms with Crippen LogP contribution in [0.3, 0.4) is 0 Å². The summed E-state index contributed by atoms with van der Waals surface area (Å²) < 4.78 is 52.1. The predicted octanol–water partition coefficient (Wildman–Crippen LogP) is 1.13. The molecule has 0 amide bonds. The minimum absolute atomic E-state index is 0. The van der Waals surface area contributed by atoms with Gasteiger partial charge in [0.2, 0.25) is 10.4 Å². The molecule has 0 aliphatic rings. The third kappa shape index (κ3) is 18.5. The summed E-state index contributed by atoms with van der Waals surface area (Å²) >= 11 is 0. The van der Waals surface area contributed by atoms with E-state index < -0.39 is 16.4 Å². The molecule has 158 valence electrons. The average Bonchev–Trinajstić information content (AvgIpc) is 2.55. The fourth-order valence-corrected chi connectivity index (χ4v) is 3.17. The van der Waals surface area contributed by atoms with Gasteiger partial charge in [0.15, 0.2) is 0 Å². The van der Waals surface area contributed by atoms with Crippen LogP contribution in [-0.2, 0) is 28.8 Å². The molecule has 0 rings (SSSR count). The number of unbranched alkanes of at least 4 members (excludes halogenated alkanes) is 8. The second-order valence-corrected chi connectivity index (χ2v) is 7.20. The Balaban J connectivity index is 0. The van der Waals surface area contributed by atoms with E-state index in [1.165, 1.54) is 6.42 Å². The monoisotopic (exact) mass is 420 g/mol. The Morgan fingerprint density at radius 1 is 0.704 bits per heavy atom. The van der Waals surface area contributed by atoms with Gasteiger partial charge in [0.05, 0.1) is 6.61 Å². The standard InChI is InChI=1S/C18H38O7S.Na/c1-4-22-18(23-5-2,24-6-3)16-14-12-10-8-7-9-11-13-15-17-25-26(19,20)21;/h4-17H2,1-3H3,(H,19,20,21);/q;+1/p-1. The van der Waals surface area contributed by atoms with Crippen molar-refractivity contribution in [3.05, 3.63) is 0 Å². The molecule has 0 unspecified atom stereocenters. The zero-order valence-electron chi connectivity index (χ0n) is 17.7. The molecule has 0 saturated carbocycles. The van der Waals surface area contributed by atoms with Crippen LogP contribution in [0.2, 0.25) is 0 Å². The third-order valence-electron chi connectivity index (χ3n) is 3.95. The Hall–Kier alpha value is 0.750. The first-order valence-corrected chi connectivity index (χ1v) is 11.2. The van der Waals surface area contributed by atoms with E-state index >= 15 is 0 Å². The summed E-state index contributed by atoms with van der Waals surface area (Å²) in [4.78, 5) is 0. The van der Waals surface area contributed by atoms with Crippen LogP contribution in [0.5, 0.6) is 0 Å². The van der Waals surface area contributed by atoms with Crippen molar-refractivity contribution in [3.63, 3.8) is 0 Å². The van der Waals surface area contributed by atoms with Gasteiger partial charge in [-0.15, -0.1) is 0 Å². The van der Waals surface area contributed by atoms with Crippen molar-refractivity contribution >= 4 is 10.4 Å². The Kier molecular flexibility index (Phi) is 20.8. The van der Waals surface area contributed by atoms with Gasteiger partial charge in [0.1, 0.15) is 0 Å². The average molecular weight is 421 g/mol. The molecule has 27 heavy (non-hydrogen) atoms. The van der Waals surface area contributed by atoms with Crippen LogP contribution < -0.4 is 29.6 Å². The normalized spacial score (nSPS) is 12.1. The number of rotatable bonds is 19. The van der Waals surface area contributed by atoms with Gasteiger partial charge in [-0.2, -0.15) is 0 Å². The van der Waals surface area contributed by atoms with Crippen LogP contribution in [0.1, 0.15) is 85.0 Å². The van der Waals surface area contributed by atoms with E-state index in [0.29, 0.717) is 26.2 Å². The number of hydrogen-bond acceptors (Lipinski definition) is 7. The second kappa shape index (κ2) is 18.8. The summed E-state index contributed by atoms with van der Waals surface area (Å²) in [6.45, 7) is 7.51. The summed E-state index contributed by atoms with van der Waals surface area (Å²) in [5.74, 6) is -0.891. The largest absolute Gasteiger partial charge is 1.00 e. The van der Waals surface area contributed by atoms with Gasteiger partial charge in [0.25, 0.3) is 5.97 Å². The molecule has 0 spiro atoms. The molecule has 0 radical (unpaired) electrons. The van der Waals surface area contributed by atoms with E-state index in [9.17, 15) is 13.0 Å². The first-order chi connectivity index (χ1) is 12.4. The molecule has 0 N–H and O–H groups in total. The summed E-state index contributed by atoms with van der Waals surface area (Å²) in [5.41, 5.74) is 0. The number of hydrogen-bond donors (Lipinski definition) is 0. The zero-order chi connectivity index (χ0) is 19.7.